The summed E-state index contributed by atoms with van der Waals surface area (Å²) in [5, 5.41) is 13.7. The number of rotatable bonds is 2. The van der Waals surface area contributed by atoms with Gasteiger partial charge in [-0.2, -0.15) is 5.26 Å². The van der Waals surface area contributed by atoms with E-state index in [-0.39, 0.29) is 0 Å². The average Bonchev–Trinajstić information content (AvgIpc) is 2.78. The molecule has 0 bridgehead atoms. The second-order valence-electron chi connectivity index (χ2n) is 7.37. The second kappa shape index (κ2) is 6.98. The average molecular weight is 386 g/mol. The molecule has 4 nitrogen and oxygen atoms in total. The van der Waals surface area contributed by atoms with Crippen LogP contribution in [0.1, 0.15) is 16.7 Å². The quantitative estimate of drug-likeness (QED) is 0.452. The zero-order valence-corrected chi connectivity index (χ0v) is 16.5. The van der Waals surface area contributed by atoms with E-state index in [9.17, 15) is 5.26 Å². The van der Waals surface area contributed by atoms with E-state index in [4.69, 9.17) is 4.98 Å². The second-order valence-corrected chi connectivity index (χ2v) is 7.37. The zero-order chi connectivity index (χ0) is 20.7. The highest BCUT2D eigenvalue weighted by molar-refractivity contribution is 5.92. The van der Waals surface area contributed by atoms with Gasteiger partial charge in [-0.1, -0.05) is 24.8 Å². The standard InChI is InChI=1S/C26H18N4/c1-16-11-22(13-20-7-4-10-28-24(16)20)23-14-21-9-8-17(2)29-26(21)30-25(23)19-6-3-5-18(12-19)15-27/h3-14H,2H2,1H3,(H,29,30). The normalized spacial score (nSPS) is 12.3. The summed E-state index contributed by atoms with van der Waals surface area (Å²) in [6.07, 6.45) is 5.78. The van der Waals surface area contributed by atoms with Gasteiger partial charge in [-0.25, -0.2) is 4.98 Å². The fourth-order valence-corrected chi connectivity index (χ4v) is 3.85. The predicted molar refractivity (Wildman–Crippen MR) is 122 cm³/mol. The Bertz CT molecular complexity index is 1410. The van der Waals surface area contributed by atoms with Crippen LogP contribution in [-0.2, 0) is 0 Å². The molecule has 0 atom stereocenters. The van der Waals surface area contributed by atoms with Gasteiger partial charge < -0.3 is 5.32 Å². The first kappa shape index (κ1) is 17.8. The number of aryl methyl sites for hydroxylation is 1. The number of nitrogens with zero attached hydrogens (tertiary/aromatic N) is 3. The summed E-state index contributed by atoms with van der Waals surface area (Å²) in [5.41, 5.74) is 8.32. The van der Waals surface area contributed by atoms with Crippen LogP contribution in [0.5, 0.6) is 0 Å². The van der Waals surface area contributed by atoms with Crippen molar-refractivity contribution in [1.82, 2.24) is 9.97 Å². The number of aromatic nitrogens is 2. The first-order valence-corrected chi connectivity index (χ1v) is 9.68. The molecule has 5 rings (SSSR count). The zero-order valence-electron chi connectivity index (χ0n) is 16.5. The molecule has 0 amide bonds. The van der Waals surface area contributed by atoms with Gasteiger partial charge in [0.15, 0.2) is 0 Å². The third-order valence-electron chi connectivity index (χ3n) is 5.27. The molecule has 3 heterocycles. The van der Waals surface area contributed by atoms with Gasteiger partial charge in [0, 0.05) is 34.0 Å². The first-order chi connectivity index (χ1) is 14.6. The maximum atomic E-state index is 9.37. The number of fused-ring (bicyclic) bond motifs is 2. The number of nitriles is 1. The molecule has 4 aromatic rings. The summed E-state index contributed by atoms with van der Waals surface area (Å²) < 4.78 is 0. The van der Waals surface area contributed by atoms with E-state index >= 15 is 0 Å². The summed E-state index contributed by atoms with van der Waals surface area (Å²) in [7, 11) is 0. The third-order valence-corrected chi connectivity index (χ3v) is 5.27. The number of anilines is 1. The van der Waals surface area contributed by atoms with Crippen molar-refractivity contribution in [2.24, 2.45) is 0 Å². The summed E-state index contributed by atoms with van der Waals surface area (Å²) in [5.74, 6) is 0.766. The van der Waals surface area contributed by atoms with Crippen molar-refractivity contribution < 1.29 is 0 Å². The molecule has 30 heavy (non-hydrogen) atoms. The van der Waals surface area contributed by atoms with Crippen molar-refractivity contribution >= 4 is 22.8 Å². The van der Waals surface area contributed by atoms with Crippen LogP contribution in [0.15, 0.2) is 79.1 Å². The van der Waals surface area contributed by atoms with E-state index < -0.39 is 0 Å². The summed E-state index contributed by atoms with van der Waals surface area (Å²) in [6.45, 7) is 6.06. The Hall–Kier alpha value is -4.23. The molecule has 2 aromatic carbocycles. The molecular formula is C26H18N4. The molecule has 0 spiro atoms. The maximum Gasteiger partial charge on any atom is 0.138 e. The van der Waals surface area contributed by atoms with Gasteiger partial charge in [-0.3, -0.25) is 4.98 Å². The van der Waals surface area contributed by atoms with E-state index in [1.165, 1.54) is 0 Å². The van der Waals surface area contributed by atoms with E-state index in [0.29, 0.717) is 5.56 Å². The number of nitrogens with one attached hydrogen (secondary N) is 1. The Morgan fingerprint density at radius 2 is 1.90 bits per heavy atom. The lowest BCUT2D eigenvalue weighted by molar-refractivity contribution is 1.26. The summed E-state index contributed by atoms with van der Waals surface area (Å²) >= 11 is 0. The van der Waals surface area contributed by atoms with Crippen molar-refractivity contribution in [1.29, 1.82) is 5.26 Å². The third kappa shape index (κ3) is 3.03. The Morgan fingerprint density at radius 3 is 2.77 bits per heavy atom. The van der Waals surface area contributed by atoms with Gasteiger partial charge in [0.2, 0.25) is 0 Å². The molecule has 2 aromatic heterocycles. The highest BCUT2D eigenvalue weighted by Crippen LogP contribution is 2.37. The minimum absolute atomic E-state index is 0.606. The predicted octanol–water partition coefficient (Wildman–Crippen LogP) is 6.10. The van der Waals surface area contributed by atoms with E-state index in [1.807, 2.05) is 42.6 Å². The number of benzene rings is 2. The molecule has 1 aliphatic heterocycles. The van der Waals surface area contributed by atoms with E-state index in [1.54, 1.807) is 6.07 Å². The van der Waals surface area contributed by atoms with Gasteiger partial charge in [-0.15, -0.1) is 0 Å². The van der Waals surface area contributed by atoms with Gasteiger partial charge in [0.05, 0.1) is 22.8 Å². The van der Waals surface area contributed by atoms with Gasteiger partial charge in [-0.05, 0) is 66.6 Å². The van der Waals surface area contributed by atoms with Gasteiger partial charge >= 0.3 is 0 Å². The van der Waals surface area contributed by atoms with Crippen molar-refractivity contribution in [3.8, 4) is 28.5 Å². The summed E-state index contributed by atoms with van der Waals surface area (Å²) in [6, 6.07) is 20.2. The lowest BCUT2D eigenvalue weighted by Crippen LogP contribution is -2.06. The Balaban J connectivity index is 1.80. The Morgan fingerprint density at radius 1 is 1.00 bits per heavy atom. The fraction of sp³-hybridized carbons (Fsp3) is 0.0385. The van der Waals surface area contributed by atoms with Crippen LogP contribution in [0.25, 0.3) is 39.4 Å². The largest absolute Gasteiger partial charge is 0.340 e. The molecule has 0 aliphatic carbocycles. The van der Waals surface area contributed by atoms with Gasteiger partial charge in [0.25, 0.3) is 0 Å². The van der Waals surface area contributed by atoms with E-state index in [2.05, 4.69) is 54.1 Å². The minimum Gasteiger partial charge on any atom is -0.340 e. The molecule has 0 fully saturated rings. The van der Waals surface area contributed by atoms with Crippen LogP contribution >= 0.6 is 0 Å². The van der Waals surface area contributed by atoms with Gasteiger partial charge in [0.1, 0.15) is 5.82 Å². The highest BCUT2D eigenvalue weighted by Gasteiger charge is 2.17. The Labute approximate surface area is 174 Å². The molecule has 0 saturated heterocycles. The number of pyridine rings is 2. The monoisotopic (exact) mass is 386 g/mol. The van der Waals surface area contributed by atoms with Crippen LogP contribution in [0.4, 0.5) is 5.82 Å². The lowest BCUT2D eigenvalue weighted by atomic mass is 9.93. The van der Waals surface area contributed by atoms with Crippen LogP contribution in [-0.4, -0.2) is 9.97 Å². The number of hydrogen-bond donors (Lipinski definition) is 1. The van der Waals surface area contributed by atoms with Crippen molar-refractivity contribution in [3.63, 3.8) is 0 Å². The maximum absolute atomic E-state index is 9.37. The molecule has 1 aliphatic rings. The summed E-state index contributed by atoms with van der Waals surface area (Å²) in [4.78, 5) is 9.46. The number of allylic oxidation sites excluding steroid dienone is 1. The van der Waals surface area contributed by atoms with Crippen LogP contribution in [0, 0.1) is 18.3 Å². The fourth-order valence-electron chi connectivity index (χ4n) is 3.85. The van der Waals surface area contributed by atoms with Crippen LogP contribution in [0.2, 0.25) is 0 Å². The van der Waals surface area contributed by atoms with Crippen molar-refractivity contribution in [2.45, 2.75) is 6.92 Å². The Kier molecular flexibility index (Phi) is 4.15. The molecule has 1 N–H and O–H groups in total. The lowest BCUT2D eigenvalue weighted by Gasteiger charge is -2.19. The van der Waals surface area contributed by atoms with E-state index in [0.717, 1.165) is 55.9 Å². The topological polar surface area (TPSA) is 61.6 Å². The molecule has 4 heteroatoms. The molecule has 142 valence electrons. The SMILES string of the molecule is C=C1C=Cc2cc(-c3cc(C)c4ncccc4c3)c(-c3cccc(C#N)c3)nc2N1. The molecule has 0 saturated carbocycles. The molecule has 0 unspecified atom stereocenters. The first-order valence-electron chi connectivity index (χ1n) is 9.68. The highest BCUT2D eigenvalue weighted by atomic mass is 15.0. The van der Waals surface area contributed by atoms with Crippen molar-refractivity contribution in [2.75, 3.05) is 5.32 Å². The molecular weight excluding hydrogens is 368 g/mol. The van der Waals surface area contributed by atoms with Crippen LogP contribution < -0.4 is 5.32 Å². The smallest absolute Gasteiger partial charge is 0.138 e. The van der Waals surface area contributed by atoms with Crippen molar-refractivity contribution in [3.05, 3.63) is 95.8 Å². The molecule has 0 radical (unpaired) electrons. The minimum atomic E-state index is 0.606. The van der Waals surface area contributed by atoms with Crippen LogP contribution in [0.3, 0.4) is 0 Å². The number of hydrogen-bond acceptors (Lipinski definition) is 4.